The molecular weight excluding hydrogens is 408 g/mol. The van der Waals surface area contributed by atoms with Gasteiger partial charge in [-0.3, -0.25) is 4.79 Å². The van der Waals surface area contributed by atoms with Crippen molar-refractivity contribution in [2.24, 2.45) is 0 Å². The monoisotopic (exact) mass is 437 g/mol. The van der Waals surface area contributed by atoms with Crippen LogP contribution in [0.2, 0.25) is 0 Å². The van der Waals surface area contributed by atoms with Crippen LogP contribution < -0.4 is 10.9 Å². The first-order valence-corrected chi connectivity index (χ1v) is 11.6. The molecule has 3 aromatic rings. The molecule has 5 rings (SSSR count). The molecule has 1 atom stereocenters. The second kappa shape index (κ2) is 9.12. The number of hydrogen-bond acceptors (Lipinski definition) is 3. The van der Waals surface area contributed by atoms with Crippen molar-refractivity contribution in [2.45, 2.75) is 44.2 Å². The van der Waals surface area contributed by atoms with Gasteiger partial charge in [-0.25, -0.2) is 8.78 Å². The molecule has 2 aliphatic rings. The summed E-state index contributed by atoms with van der Waals surface area (Å²) >= 11 is 0. The van der Waals surface area contributed by atoms with E-state index >= 15 is 0 Å². The van der Waals surface area contributed by atoms with E-state index in [-0.39, 0.29) is 23.1 Å². The highest BCUT2D eigenvalue weighted by Crippen LogP contribution is 2.35. The van der Waals surface area contributed by atoms with Gasteiger partial charge in [-0.05, 0) is 86.6 Å². The van der Waals surface area contributed by atoms with Crippen LogP contribution in [-0.4, -0.2) is 41.7 Å². The quantitative estimate of drug-likeness (QED) is 0.567. The van der Waals surface area contributed by atoms with E-state index in [4.69, 9.17) is 0 Å². The molecule has 32 heavy (non-hydrogen) atoms. The van der Waals surface area contributed by atoms with Crippen molar-refractivity contribution in [1.82, 2.24) is 14.8 Å². The van der Waals surface area contributed by atoms with E-state index in [0.717, 1.165) is 68.3 Å². The topological polar surface area (TPSA) is 37.3 Å². The zero-order valence-electron chi connectivity index (χ0n) is 18.2. The van der Waals surface area contributed by atoms with Crippen molar-refractivity contribution in [3.8, 4) is 0 Å². The fraction of sp³-hybridized carbons (Fsp3) is 0.423. The van der Waals surface area contributed by atoms with Gasteiger partial charge >= 0.3 is 0 Å². The standard InChI is InChI=1S/C26H29F2N3O/c27-21-5-1-3-18(15-21)4-2-12-29-22-10-13-30(14-11-22)16-20-17-31-24(32)9-7-19-6-8-23(28)25(20)26(19)31/h1,3,5-9,15,20,22,29H,2,4,10-14,16-17H2/t20-/m1/s1. The summed E-state index contributed by atoms with van der Waals surface area (Å²) in [5.41, 5.74) is 2.48. The number of nitrogens with one attached hydrogen (secondary N) is 1. The maximum absolute atomic E-state index is 14.7. The molecule has 2 aliphatic heterocycles. The largest absolute Gasteiger partial charge is 0.314 e. The Labute approximate surface area is 186 Å². The first-order chi connectivity index (χ1) is 15.6. The average Bonchev–Trinajstić information content (AvgIpc) is 3.18. The minimum atomic E-state index is -0.200. The summed E-state index contributed by atoms with van der Waals surface area (Å²) in [5, 5.41) is 4.58. The van der Waals surface area contributed by atoms with E-state index in [0.29, 0.717) is 18.2 Å². The summed E-state index contributed by atoms with van der Waals surface area (Å²) in [6, 6.07) is 14.0. The molecule has 0 spiro atoms. The summed E-state index contributed by atoms with van der Waals surface area (Å²) in [4.78, 5) is 14.7. The van der Waals surface area contributed by atoms with Gasteiger partial charge in [0.25, 0.3) is 5.56 Å². The summed E-state index contributed by atoms with van der Waals surface area (Å²) in [6.45, 7) is 4.21. The highest BCUT2D eigenvalue weighted by molar-refractivity contribution is 5.84. The second-order valence-electron chi connectivity index (χ2n) is 9.14. The maximum atomic E-state index is 14.7. The first-order valence-electron chi connectivity index (χ1n) is 11.6. The molecule has 0 radical (unpaired) electrons. The Balaban J connectivity index is 1.12. The van der Waals surface area contributed by atoms with Crippen LogP contribution in [-0.2, 0) is 13.0 Å². The highest BCUT2D eigenvalue weighted by atomic mass is 19.1. The van der Waals surface area contributed by atoms with E-state index in [1.165, 1.54) is 12.1 Å². The van der Waals surface area contributed by atoms with Gasteiger partial charge in [0.15, 0.2) is 0 Å². The summed E-state index contributed by atoms with van der Waals surface area (Å²) in [6.07, 6.45) is 3.99. The molecule has 1 N–H and O–H groups in total. The van der Waals surface area contributed by atoms with Crippen molar-refractivity contribution >= 4 is 10.9 Å². The normalized spacial score (nSPS) is 19.1. The van der Waals surface area contributed by atoms with Gasteiger partial charge in [-0.2, -0.15) is 0 Å². The lowest BCUT2D eigenvalue weighted by atomic mass is 9.96. The molecule has 168 valence electrons. The minimum Gasteiger partial charge on any atom is -0.314 e. The summed E-state index contributed by atoms with van der Waals surface area (Å²) in [7, 11) is 0. The number of benzene rings is 2. The Morgan fingerprint density at radius 2 is 1.84 bits per heavy atom. The van der Waals surface area contributed by atoms with Crippen LogP contribution in [0.15, 0.2) is 53.3 Å². The molecule has 1 fully saturated rings. The van der Waals surface area contributed by atoms with Crippen LogP contribution in [0.4, 0.5) is 8.78 Å². The van der Waals surface area contributed by atoms with Gasteiger partial charge in [-0.1, -0.05) is 12.1 Å². The number of aryl methyl sites for hydroxylation is 1. The van der Waals surface area contributed by atoms with Crippen LogP contribution in [0.3, 0.4) is 0 Å². The van der Waals surface area contributed by atoms with Gasteiger partial charge in [0.2, 0.25) is 0 Å². The van der Waals surface area contributed by atoms with Crippen LogP contribution in [0.25, 0.3) is 10.9 Å². The van der Waals surface area contributed by atoms with E-state index in [2.05, 4.69) is 10.2 Å². The molecule has 6 heteroatoms. The van der Waals surface area contributed by atoms with Crippen LogP contribution in [0, 0.1) is 11.6 Å². The molecule has 1 aromatic heterocycles. The van der Waals surface area contributed by atoms with Crippen LogP contribution in [0.1, 0.15) is 36.3 Å². The second-order valence-corrected chi connectivity index (χ2v) is 9.14. The summed E-state index contributed by atoms with van der Waals surface area (Å²) in [5.74, 6) is -0.354. The van der Waals surface area contributed by atoms with E-state index in [9.17, 15) is 13.6 Å². The van der Waals surface area contributed by atoms with Gasteiger partial charge in [0, 0.05) is 36.7 Å². The molecule has 1 saturated heterocycles. The van der Waals surface area contributed by atoms with Gasteiger partial charge < -0.3 is 14.8 Å². The molecular formula is C26H29F2N3O. The van der Waals surface area contributed by atoms with Crippen molar-refractivity contribution in [3.05, 3.63) is 81.6 Å². The average molecular weight is 438 g/mol. The Morgan fingerprint density at radius 3 is 2.66 bits per heavy atom. The number of nitrogens with zero attached hydrogens (tertiary/aromatic N) is 2. The van der Waals surface area contributed by atoms with E-state index in [1.54, 1.807) is 34.9 Å². The van der Waals surface area contributed by atoms with Crippen molar-refractivity contribution in [3.63, 3.8) is 0 Å². The Hall–Kier alpha value is -2.57. The predicted octanol–water partition coefficient (Wildman–Crippen LogP) is 4.06. The fourth-order valence-corrected chi connectivity index (χ4v) is 5.35. The molecule has 0 aliphatic carbocycles. The molecule has 2 aromatic carbocycles. The summed E-state index contributed by atoms with van der Waals surface area (Å²) < 4.78 is 29.7. The SMILES string of the molecule is O=c1ccc2ccc(F)c3c2n1C[C@H]3CN1CCC(NCCCc2cccc(F)c2)CC1. The molecule has 3 heterocycles. The third-order valence-electron chi connectivity index (χ3n) is 6.98. The number of pyridine rings is 1. The zero-order chi connectivity index (χ0) is 22.1. The van der Waals surface area contributed by atoms with Gasteiger partial charge in [-0.15, -0.1) is 0 Å². The lowest BCUT2D eigenvalue weighted by molar-refractivity contribution is 0.184. The van der Waals surface area contributed by atoms with Crippen molar-refractivity contribution in [2.75, 3.05) is 26.2 Å². The molecule has 0 amide bonds. The minimum absolute atomic E-state index is 0.0181. The number of hydrogen-bond donors (Lipinski definition) is 1. The number of likely N-dealkylation sites (tertiary alicyclic amines) is 1. The molecule has 0 saturated carbocycles. The first kappa shape index (κ1) is 21.3. The van der Waals surface area contributed by atoms with Gasteiger partial charge in [0.05, 0.1) is 5.52 Å². The lowest BCUT2D eigenvalue weighted by Gasteiger charge is -2.34. The molecule has 0 bridgehead atoms. The third kappa shape index (κ3) is 4.34. The molecule has 0 unspecified atom stereocenters. The number of aromatic nitrogens is 1. The Bertz CT molecular complexity index is 1170. The van der Waals surface area contributed by atoms with Gasteiger partial charge in [0.1, 0.15) is 11.6 Å². The van der Waals surface area contributed by atoms with E-state index < -0.39 is 0 Å². The third-order valence-corrected chi connectivity index (χ3v) is 6.98. The van der Waals surface area contributed by atoms with Crippen LogP contribution >= 0.6 is 0 Å². The Kier molecular flexibility index (Phi) is 6.07. The van der Waals surface area contributed by atoms with Crippen molar-refractivity contribution < 1.29 is 8.78 Å². The fourth-order valence-electron chi connectivity index (χ4n) is 5.35. The van der Waals surface area contributed by atoms with E-state index in [1.807, 2.05) is 6.07 Å². The number of halogens is 2. The predicted molar refractivity (Wildman–Crippen MR) is 123 cm³/mol. The smallest absolute Gasteiger partial charge is 0.251 e. The highest BCUT2D eigenvalue weighted by Gasteiger charge is 2.31. The maximum Gasteiger partial charge on any atom is 0.251 e. The Morgan fingerprint density at radius 1 is 1.03 bits per heavy atom. The van der Waals surface area contributed by atoms with Crippen LogP contribution in [0.5, 0.6) is 0 Å². The molecule has 4 nitrogen and oxygen atoms in total. The number of piperidine rings is 1. The zero-order valence-corrected chi connectivity index (χ0v) is 18.2. The number of rotatable bonds is 7. The lowest BCUT2D eigenvalue weighted by Crippen LogP contribution is -2.44. The van der Waals surface area contributed by atoms with Crippen molar-refractivity contribution in [1.29, 1.82) is 0 Å².